The van der Waals surface area contributed by atoms with Gasteiger partial charge in [0.25, 0.3) is 0 Å². The van der Waals surface area contributed by atoms with Gasteiger partial charge in [-0.25, -0.2) is 0 Å². The molecule has 0 amide bonds. The Labute approximate surface area is 112 Å². The topological polar surface area (TPSA) is 0 Å². The Hall–Kier alpha value is -0.208. The first-order valence-electron chi connectivity index (χ1n) is 5.48. The standard InChI is InChI=1S/C12H11P.2CH3.Tl/c1-3-7-11(8-4-1)13-12-9-5-2-6-10-12;;;/h1-10,13H;2*1H3;. The molecule has 0 aliphatic carbocycles. The summed E-state index contributed by atoms with van der Waals surface area (Å²) in [6.45, 7) is 0. The molecule has 0 nitrogen and oxygen atoms in total. The van der Waals surface area contributed by atoms with Gasteiger partial charge in [-0.05, 0) is 10.6 Å². The van der Waals surface area contributed by atoms with Crippen molar-refractivity contribution < 1.29 is 0 Å². The number of hydrogen-bond acceptors (Lipinski definition) is 0. The maximum Gasteiger partial charge on any atom is -0.0226 e. The summed E-state index contributed by atoms with van der Waals surface area (Å²) in [7, 11) is 0.777. The van der Waals surface area contributed by atoms with Crippen molar-refractivity contribution in [3.63, 3.8) is 0 Å². The van der Waals surface area contributed by atoms with E-state index in [-0.39, 0.29) is 24.2 Å². The Morgan fingerprint density at radius 3 is 1.31 bits per heavy atom. The van der Waals surface area contributed by atoms with Gasteiger partial charge in [-0.15, -0.1) is 0 Å². The summed E-state index contributed by atoms with van der Waals surface area (Å²) in [6, 6.07) is 21.2. The van der Waals surface area contributed by atoms with Crippen molar-refractivity contribution in [3.8, 4) is 0 Å². The Kier molecular flexibility index (Phi) is 7.70. The van der Waals surface area contributed by atoms with Gasteiger partial charge in [-0.3, -0.25) is 0 Å². The van der Waals surface area contributed by atoms with E-state index in [4.69, 9.17) is 0 Å². The first-order chi connectivity index (χ1) is 7.86. The maximum absolute atomic E-state index is 2.33. The van der Waals surface area contributed by atoms with Crippen LogP contribution in [0, 0.1) is 0 Å². The summed E-state index contributed by atoms with van der Waals surface area (Å²) in [5, 5.41) is 2.79. The monoisotopic (exact) mass is 421 g/mol. The van der Waals surface area contributed by atoms with Crippen LogP contribution in [0.25, 0.3) is 0 Å². The summed E-state index contributed by atoms with van der Waals surface area (Å²) in [5.41, 5.74) is 0. The quantitative estimate of drug-likeness (QED) is 0.517. The molecule has 0 aliphatic heterocycles. The Bertz CT molecular complexity index is 335. The van der Waals surface area contributed by atoms with E-state index in [0.29, 0.717) is 0 Å². The van der Waals surface area contributed by atoms with Crippen LogP contribution in [-0.2, 0) is 0 Å². The smallest absolute Gasteiger partial charge is 0.0226 e. The molecule has 2 rings (SSSR count). The third-order valence-corrected chi connectivity index (χ3v) is 3.08. The van der Waals surface area contributed by atoms with E-state index in [1.54, 1.807) is 0 Å². The van der Waals surface area contributed by atoms with Crippen molar-refractivity contribution in [2.45, 2.75) is 8.97 Å². The van der Waals surface area contributed by atoms with Crippen molar-refractivity contribution in [2.75, 3.05) is 0 Å². The van der Waals surface area contributed by atoms with Crippen molar-refractivity contribution in [2.24, 2.45) is 0 Å². The zero-order chi connectivity index (χ0) is 11.6. The van der Waals surface area contributed by atoms with Gasteiger partial charge in [0.15, 0.2) is 0 Å². The molecule has 16 heavy (non-hydrogen) atoms. The summed E-state index contributed by atoms with van der Waals surface area (Å²) < 4.78 is 4.67. The van der Waals surface area contributed by atoms with Gasteiger partial charge in [0.1, 0.15) is 0 Å². The minimum absolute atomic E-state index is 0.000000000000000111. The van der Waals surface area contributed by atoms with Crippen LogP contribution in [0.2, 0.25) is 8.97 Å². The van der Waals surface area contributed by atoms with Crippen LogP contribution in [0.15, 0.2) is 60.7 Å². The molecule has 0 radical (unpaired) electrons. The van der Waals surface area contributed by atoms with E-state index in [2.05, 4.69) is 69.6 Å². The van der Waals surface area contributed by atoms with Crippen LogP contribution in [0.3, 0.4) is 0 Å². The number of benzene rings is 2. The van der Waals surface area contributed by atoms with Crippen molar-refractivity contribution in [3.05, 3.63) is 60.7 Å². The van der Waals surface area contributed by atoms with E-state index >= 15 is 0 Å². The molecule has 0 fully saturated rings. The second-order valence-corrected chi connectivity index (χ2v) is 9.33. The molecule has 0 saturated carbocycles. The van der Waals surface area contributed by atoms with Gasteiger partial charge in [-0.2, -0.15) is 0 Å². The molecule has 0 aliphatic rings. The largest absolute Gasteiger partial charge is 0.0622 e. The molecule has 0 saturated heterocycles. The zero-order valence-electron chi connectivity index (χ0n) is 9.85. The molecular formula is C14H17PTl. The molecule has 0 atom stereocenters. The van der Waals surface area contributed by atoms with Gasteiger partial charge >= 0.3 is 33.2 Å². The van der Waals surface area contributed by atoms with Crippen molar-refractivity contribution in [1.29, 1.82) is 0 Å². The first kappa shape index (κ1) is 13.9. The molecule has 2 aromatic rings. The number of rotatable bonds is 2. The van der Waals surface area contributed by atoms with Crippen molar-refractivity contribution in [1.82, 2.24) is 0 Å². The van der Waals surface area contributed by atoms with E-state index in [9.17, 15) is 0 Å². The third kappa shape index (κ3) is 5.76. The number of hydrogen-bond donors (Lipinski definition) is 0. The summed E-state index contributed by atoms with van der Waals surface area (Å²) in [4.78, 5) is 0. The van der Waals surface area contributed by atoms with Crippen LogP contribution in [0.5, 0.6) is 0 Å². The minimum Gasteiger partial charge on any atom is -0.0622 e. The van der Waals surface area contributed by atoms with Crippen LogP contribution in [0.1, 0.15) is 0 Å². The van der Waals surface area contributed by atoms with Gasteiger partial charge in [0, 0.05) is 0 Å². The molecule has 0 unspecified atom stereocenters. The SMILES string of the molecule is [CH3][Tl][CH3].c1ccc(Pc2ccccc2)cc1. The van der Waals surface area contributed by atoms with Crippen molar-refractivity contribution >= 4 is 43.4 Å². The molecule has 2 aromatic carbocycles. The Morgan fingerprint density at radius 1 is 0.688 bits per heavy atom. The van der Waals surface area contributed by atoms with Gasteiger partial charge < -0.3 is 0 Å². The summed E-state index contributed by atoms with van der Waals surface area (Å²) in [5.74, 6) is 0. The third-order valence-electron chi connectivity index (χ3n) is 1.84. The van der Waals surface area contributed by atoms with Gasteiger partial charge in [0.2, 0.25) is 0 Å². The van der Waals surface area contributed by atoms with E-state index in [1.165, 1.54) is 10.6 Å². The average Bonchev–Trinajstić information content (AvgIpc) is 2.33. The van der Waals surface area contributed by atoms with Gasteiger partial charge in [-0.1, -0.05) is 69.2 Å². The molecule has 81 valence electrons. The maximum atomic E-state index is 2.33. The second kappa shape index (κ2) is 8.89. The van der Waals surface area contributed by atoms with E-state index in [1.807, 2.05) is 0 Å². The molecule has 0 bridgehead atoms. The van der Waals surface area contributed by atoms with Gasteiger partial charge in [0.05, 0.1) is 0 Å². The fourth-order valence-corrected chi connectivity index (χ4v) is 2.26. The van der Waals surface area contributed by atoms with E-state index < -0.39 is 0 Å². The molecule has 2 heteroatoms. The summed E-state index contributed by atoms with van der Waals surface area (Å²) >= 11 is -0.000000000000000111. The molecule has 0 aromatic heterocycles. The fourth-order valence-electron chi connectivity index (χ4n) is 1.21. The average molecular weight is 421 g/mol. The zero-order valence-corrected chi connectivity index (χ0v) is 15.3. The Balaban J connectivity index is 0.000000386. The van der Waals surface area contributed by atoms with Crippen LogP contribution >= 0.6 is 8.58 Å². The van der Waals surface area contributed by atoms with Crippen LogP contribution < -0.4 is 10.6 Å². The predicted molar refractivity (Wildman–Crippen MR) is 77.9 cm³/mol. The van der Waals surface area contributed by atoms with Crippen LogP contribution in [-0.4, -0.2) is 24.2 Å². The molecule has 0 heterocycles. The molecular weight excluding hydrogens is 404 g/mol. The first-order valence-corrected chi connectivity index (χ1v) is 15.5. The fraction of sp³-hybridized carbons (Fsp3) is 0.143. The van der Waals surface area contributed by atoms with Crippen LogP contribution in [0.4, 0.5) is 0 Å². The molecule has 0 spiro atoms. The second-order valence-electron chi connectivity index (χ2n) is 3.43. The minimum atomic E-state index is -0.000000000000000111. The predicted octanol–water partition coefficient (Wildman–Crippen LogP) is 3.10. The van der Waals surface area contributed by atoms with E-state index in [0.717, 1.165) is 8.58 Å². The summed E-state index contributed by atoms with van der Waals surface area (Å²) in [6.07, 6.45) is 0. The normalized spacial score (nSPS) is 8.62. The Morgan fingerprint density at radius 2 is 1.00 bits per heavy atom. The molecule has 0 N–H and O–H groups in total.